The van der Waals surface area contributed by atoms with Gasteiger partial charge in [-0.05, 0) is 67.4 Å². The van der Waals surface area contributed by atoms with Crippen molar-refractivity contribution in [2.75, 3.05) is 0 Å². The zero-order valence-corrected chi connectivity index (χ0v) is 20.5. The third kappa shape index (κ3) is 4.23. The van der Waals surface area contributed by atoms with E-state index in [4.69, 9.17) is 14.5 Å². The third-order valence-electron chi connectivity index (χ3n) is 6.39. The standard InChI is InChI=1S/C29H25N5O3/c1-3-21-14-26(27-11-7-18(2)37-27)34(32-21)22-9-10-25-24(15-22)31-29(20-5-4-6-23(35)13-20)33(25)17-19-8-12-28(36)30-16-19/h4-16,35H,3,17H2,1-2H3,(H,30,36). The van der Waals surface area contributed by atoms with Crippen molar-refractivity contribution >= 4 is 11.0 Å². The number of benzene rings is 2. The number of aromatic nitrogens is 5. The van der Waals surface area contributed by atoms with Crippen LogP contribution in [0.2, 0.25) is 0 Å². The Morgan fingerprint density at radius 3 is 2.65 bits per heavy atom. The highest BCUT2D eigenvalue weighted by atomic mass is 16.3. The first-order chi connectivity index (χ1) is 18.0. The van der Waals surface area contributed by atoms with Crippen LogP contribution in [0, 0.1) is 6.92 Å². The minimum atomic E-state index is -0.148. The van der Waals surface area contributed by atoms with E-state index in [1.54, 1.807) is 30.5 Å². The summed E-state index contributed by atoms with van der Waals surface area (Å²) in [6, 6.07) is 22.4. The Morgan fingerprint density at radius 1 is 1.03 bits per heavy atom. The highest BCUT2D eigenvalue weighted by Gasteiger charge is 2.18. The van der Waals surface area contributed by atoms with E-state index in [9.17, 15) is 9.90 Å². The average molecular weight is 492 g/mol. The van der Waals surface area contributed by atoms with Gasteiger partial charge in [0.1, 0.15) is 23.0 Å². The summed E-state index contributed by atoms with van der Waals surface area (Å²) in [5, 5.41) is 14.9. The number of hydrogen-bond donors (Lipinski definition) is 2. The lowest BCUT2D eigenvalue weighted by Gasteiger charge is -2.10. The summed E-state index contributed by atoms with van der Waals surface area (Å²) in [4.78, 5) is 19.3. The molecule has 184 valence electrons. The maximum atomic E-state index is 11.6. The Morgan fingerprint density at radius 2 is 1.92 bits per heavy atom. The fourth-order valence-corrected chi connectivity index (χ4v) is 4.55. The minimum Gasteiger partial charge on any atom is -0.508 e. The van der Waals surface area contributed by atoms with Gasteiger partial charge in [-0.3, -0.25) is 4.79 Å². The summed E-state index contributed by atoms with van der Waals surface area (Å²) < 4.78 is 9.89. The highest BCUT2D eigenvalue weighted by Crippen LogP contribution is 2.31. The summed E-state index contributed by atoms with van der Waals surface area (Å²) in [6.45, 7) is 4.50. The van der Waals surface area contributed by atoms with Crippen LogP contribution >= 0.6 is 0 Å². The number of hydrogen-bond acceptors (Lipinski definition) is 5. The summed E-state index contributed by atoms with van der Waals surface area (Å²) in [5.41, 5.74) is 6.00. The van der Waals surface area contributed by atoms with E-state index in [1.165, 1.54) is 6.07 Å². The second-order valence-corrected chi connectivity index (χ2v) is 9.00. The number of furan rings is 1. The van der Waals surface area contributed by atoms with Gasteiger partial charge in [-0.2, -0.15) is 5.10 Å². The van der Waals surface area contributed by atoms with Gasteiger partial charge in [-0.15, -0.1) is 0 Å². The Labute approximate surface area is 212 Å². The molecule has 0 aliphatic rings. The Kier molecular flexibility index (Phi) is 5.49. The molecule has 0 saturated carbocycles. The summed E-state index contributed by atoms with van der Waals surface area (Å²) in [7, 11) is 0. The Balaban J connectivity index is 1.52. The lowest BCUT2D eigenvalue weighted by Crippen LogP contribution is -2.07. The zero-order valence-electron chi connectivity index (χ0n) is 20.5. The number of fused-ring (bicyclic) bond motifs is 1. The smallest absolute Gasteiger partial charge is 0.247 e. The minimum absolute atomic E-state index is 0.148. The van der Waals surface area contributed by atoms with Crippen LogP contribution in [0.4, 0.5) is 0 Å². The van der Waals surface area contributed by atoms with Crippen LogP contribution in [-0.2, 0) is 13.0 Å². The number of nitrogens with zero attached hydrogens (tertiary/aromatic N) is 4. The molecule has 8 heteroatoms. The quantitative estimate of drug-likeness (QED) is 0.322. The monoisotopic (exact) mass is 491 g/mol. The van der Waals surface area contributed by atoms with E-state index in [0.29, 0.717) is 12.4 Å². The molecule has 0 amide bonds. The van der Waals surface area contributed by atoms with Crippen LogP contribution < -0.4 is 5.56 Å². The molecule has 2 aromatic carbocycles. The summed E-state index contributed by atoms with van der Waals surface area (Å²) >= 11 is 0. The van der Waals surface area contributed by atoms with Crippen molar-refractivity contribution in [3.63, 3.8) is 0 Å². The normalized spacial score (nSPS) is 11.4. The van der Waals surface area contributed by atoms with Crippen molar-refractivity contribution in [2.45, 2.75) is 26.8 Å². The first kappa shape index (κ1) is 22.6. The maximum Gasteiger partial charge on any atom is 0.247 e. The van der Waals surface area contributed by atoms with Crippen LogP contribution in [0.15, 0.2) is 88.2 Å². The molecule has 0 unspecified atom stereocenters. The molecule has 0 radical (unpaired) electrons. The lowest BCUT2D eigenvalue weighted by molar-refractivity contribution is 0.475. The van der Waals surface area contributed by atoms with Gasteiger partial charge in [-0.25, -0.2) is 9.67 Å². The average Bonchev–Trinajstić information content (AvgIpc) is 3.62. The van der Waals surface area contributed by atoms with Gasteiger partial charge in [0.2, 0.25) is 5.56 Å². The van der Waals surface area contributed by atoms with Crippen molar-refractivity contribution in [3.05, 3.63) is 106 Å². The molecule has 6 aromatic rings. The SMILES string of the molecule is CCc1cc(-c2ccc(C)o2)n(-c2ccc3c(c2)nc(-c2cccc(O)c2)n3Cc2ccc(=O)[nH]c2)n1. The van der Waals surface area contributed by atoms with Crippen molar-refractivity contribution in [1.29, 1.82) is 0 Å². The number of imidazole rings is 1. The van der Waals surface area contributed by atoms with Crippen molar-refractivity contribution in [1.82, 2.24) is 24.3 Å². The van der Waals surface area contributed by atoms with Crippen molar-refractivity contribution < 1.29 is 9.52 Å². The Bertz CT molecular complexity index is 1780. The molecule has 4 heterocycles. The van der Waals surface area contributed by atoms with Gasteiger partial charge < -0.3 is 19.1 Å². The second-order valence-electron chi connectivity index (χ2n) is 9.00. The number of phenolic OH excluding ortho intramolecular Hbond substituents is 1. The first-order valence-corrected chi connectivity index (χ1v) is 12.1. The van der Waals surface area contributed by atoms with E-state index < -0.39 is 0 Å². The Hall–Kier alpha value is -4.85. The fourth-order valence-electron chi connectivity index (χ4n) is 4.55. The molecule has 0 aliphatic heterocycles. The molecule has 2 N–H and O–H groups in total. The molecular weight excluding hydrogens is 466 g/mol. The van der Waals surface area contributed by atoms with Crippen molar-refractivity contribution in [3.8, 4) is 34.3 Å². The number of aromatic hydroxyl groups is 1. The lowest BCUT2D eigenvalue weighted by atomic mass is 10.2. The number of aromatic amines is 1. The molecule has 0 bridgehead atoms. The number of H-pyrrole nitrogens is 1. The van der Waals surface area contributed by atoms with Crippen LogP contribution in [0.25, 0.3) is 39.6 Å². The number of pyridine rings is 1. The molecule has 0 spiro atoms. The third-order valence-corrected chi connectivity index (χ3v) is 6.39. The molecule has 0 fully saturated rings. The molecule has 8 nitrogen and oxygen atoms in total. The van der Waals surface area contributed by atoms with Gasteiger partial charge in [0, 0.05) is 17.8 Å². The van der Waals surface area contributed by atoms with Gasteiger partial charge in [0.25, 0.3) is 0 Å². The molecule has 0 aliphatic carbocycles. The van der Waals surface area contributed by atoms with Gasteiger partial charge in [-0.1, -0.05) is 25.1 Å². The number of nitrogens with one attached hydrogen (secondary N) is 1. The van der Waals surface area contributed by atoms with Crippen molar-refractivity contribution in [2.24, 2.45) is 0 Å². The van der Waals surface area contributed by atoms with Crippen LogP contribution in [0.5, 0.6) is 5.75 Å². The second kappa shape index (κ2) is 8.98. The van der Waals surface area contributed by atoms with Gasteiger partial charge >= 0.3 is 0 Å². The van der Waals surface area contributed by atoms with Gasteiger partial charge in [0.15, 0.2) is 5.76 Å². The van der Waals surface area contributed by atoms with Crippen LogP contribution in [0.3, 0.4) is 0 Å². The molecule has 37 heavy (non-hydrogen) atoms. The topological polar surface area (TPSA) is 102 Å². The van der Waals surface area contributed by atoms with E-state index in [0.717, 1.165) is 57.2 Å². The summed E-state index contributed by atoms with van der Waals surface area (Å²) in [6.07, 6.45) is 2.51. The molecular formula is C29H25N5O3. The van der Waals surface area contributed by atoms with E-state index in [2.05, 4.69) is 22.5 Å². The van der Waals surface area contributed by atoms with E-state index in [1.807, 2.05) is 48.0 Å². The first-order valence-electron chi connectivity index (χ1n) is 12.1. The van der Waals surface area contributed by atoms with Crippen LogP contribution in [0.1, 0.15) is 23.9 Å². The van der Waals surface area contributed by atoms with Gasteiger partial charge in [0.05, 0.1) is 29.0 Å². The molecule has 0 saturated heterocycles. The van der Waals surface area contributed by atoms with E-state index >= 15 is 0 Å². The number of phenols is 1. The maximum absolute atomic E-state index is 11.6. The predicted molar refractivity (Wildman–Crippen MR) is 142 cm³/mol. The predicted octanol–water partition coefficient (Wildman–Crippen LogP) is 5.46. The highest BCUT2D eigenvalue weighted by molar-refractivity contribution is 5.83. The van der Waals surface area contributed by atoms with E-state index in [-0.39, 0.29) is 11.3 Å². The number of aryl methyl sites for hydroxylation is 2. The largest absolute Gasteiger partial charge is 0.508 e. The fraction of sp³-hybridized carbons (Fsp3) is 0.138. The molecule has 4 aromatic heterocycles. The summed E-state index contributed by atoms with van der Waals surface area (Å²) in [5.74, 6) is 2.48. The molecule has 6 rings (SSSR count). The zero-order chi connectivity index (χ0) is 25.5. The number of rotatable bonds is 6. The van der Waals surface area contributed by atoms with Crippen LogP contribution in [-0.4, -0.2) is 29.4 Å². The molecule has 0 atom stereocenters.